The van der Waals surface area contributed by atoms with Crippen molar-refractivity contribution in [2.75, 3.05) is 25.1 Å². The van der Waals surface area contributed by atoms with Crippen LogP contribution >= 0.6 is 0 Å². The molecule has 4 heteroatoms. The summed E-state index contributed by atoms with van der Waals surface area (Å²) in [5.41, 5.74) is 4.92. The first-order valence-corrected chi connectivity index (χ1v) is 6.61. The van der Waals surface area contributed by atoms with E-state index in [9.17, 15) is 5.11 Å². The Morgan fingerprint density at radius 2 is 2.16 bits per heavy atom. The summed E-state index contributed by atoms with van der Waals surface area (Å²) in [5, 5.41) is 13.6. The monoisotopic (exact) mass is 257 g/mol. The fraction of sp³-hybridized carbons (Fsp3) is 0.400. The number of anilines is 1. The SMILES string of the molecule is CN1CC(CO)Cc2cc(-c3cnn(C)c3)ccc21. The third kappa shape index (κ3) is 2.24. The van der Waals surface area contributed by atoms with Crippen LogP contribution < -0.4 is 4.90 Å². The van der Waals surface area contributed by atoms with Gasteiger partial charge in [0.2, 0.25) is 0 Å². The molecule has 4 nitrogen and oxygen atoms in total. The average Bonchev–Trinajstić information content (AvgIpc) is 2.84. The summed E-state index contributed by atoms with van der Waals surface area (Å²) < 4.78 is 1.82. The summed E-state index contributed by atoms with van der Waals surface area (Å²) in [5.74, 6) is 0.335. The van der Waals surface area contributed by atoms with Crippen LogP contribution in [0.1, 0.15) is 5.56 Å². The van der Waals surface area contributed by atoms with Gasteiger partial charge >= 0.3 is 0 Å². The van der Waals surface area contributed by atoms with Gasteiger partial charge in [-0.15, -0.1) is 0 Å². The van der Waals surface area contributed by atoms with E-state index in [0.29, 0.717) is 5.92 Å². The number of aromatic nitrogens is 2. The normalized spacial score (nSPS) is 18.5. The Kier molecular flexibility index (Phi) is 3.03. The van der Waals surface area contributed by atoms with Crippen LogP contribution in [0.4, 0.5) is 5.69 Å². The molecule has 0 radical (unpaired) electrons. The van der Waals surface area contributed by atoms with Crippen LogP contribution in [0.5, 0.6) is 0 Å². The summed E-state index contributed by atoms with van der Waals surface area (Å²) in [4.78, 5) is 2.23. The summed E-state index contributed by atoms with van der Waals surface area (Å²) in [6.45, 7) is 1.18. The summed E-state index contributed by atoms with van der Waals surface area (Å²) in [7, 11) is 4.02. The molecule has 0 bridgehead atoms. The zero-order valence-corrected chi connectivity index (χ0v) is 11.4. The molecule has 2 heterocycles. The highest BCUT2D eigenvalue weighted by molar-refractivity contribution is 5.68. The quantitative estimate of drug-likeness (QED) is 0.890. The van der Waals surface area contributed by atoms with Crippen molar-refractivity contribution in [3.05, 3.63) is 36.2 Å². The van der Waals surface area contributed by atoms with Crippen LogP contribution in [-0.2, 0) is 13.5 Å². The van der Waals surface area contributed by atoms with Crippen molar-refractivity contribution >= 4 is 5.69 Å². The molecule has 0 saturated heterocycles. The molecule has 2 aromatic rings. The highest BCUT2D eigenvalue weighted by atomic mass is 16.3. The number of fused-ring (bicyclic) bond motifs is 1. The lowest BCUT2D eigenvalue weighted by atomic mass is 9.91. The standard InChI is InChI=1S/C15H19N3O/c1-17-8-11(10-19)5-13-6-12(3-4-15(13)17)14-7-16-18(2)9-14/h3-4,6-7,9,11,19H,5,8,10H2,1-2H3. The third-order valence-electron chi connectivity index (χ3n) is 3.83. The first kappa shape index (κ1) is 12.2. The molecule has 1 aliphatic rings. The molecule has 19 heavy (non-hydrogen) atoms. The summed E-state index contributed by atoms with van der Waals surface area (Å²) >= 11 is 0. The maximum absolute atomic E-state index is 9.38. The third-order valence-corrected chi connectivity index (χ3v) is 3.83. The number of nitrogens with zero attached hydrogens (tertiary/aromatic N) is 3. The largest absolute Gasteiger partial charge is 0.396 e. The van der Waals surface area contributed by atoms with Crippen molar-refractivity contribution in [2.45, 2.75) is 6.42 Å². The van der Waals surface area contributed by atoms with Gasteiger partial charge in [-0.05, 0) is 29.7 Å². The summed E-state index contributed by atoms with van der Waals surface area (Å²) in [6, 6.07) is 6.54. The molecule has 3 rings (SSSR count). The molecule has 1 aromatic heterocycles. The van der Waals surface area contributed by atoms with E-state index in [0.717, 1.165) is 18.5 Å². The number of benzene rings is 1. The number of aryl methyl sites for hydroxylation is 1. The van der Waals surface area contributed by atoms with E-state index in [2.05, 4.69) is 35.2 Å². The van der Waals surface area contributed by atoms with Crippen LogP contribution in [0.25, 0.3) is 11.1 Å². The first-order chi connectivity index (χ1) is 9.17. The van der Waals surface area contributed by atoms with Gasteiger partial charge in [-0.1, -0.05) is 6.07 Å². The van der Waals surface area contributed by atoms with Crippen molar-refractivity contribution in [3.63, 3.8) is 0 Å². The van der Waals surface area contributed by atoms with E-state index >= 15 is 0 Å². The van der Waals surface area contributed by atoms with Crippen molar-refractivity contribution in [1.82, 2.24) is 9.78 Å². The van der Waals surface area contributed by atoms with Crippen molar-refractivity contribution in [3.8, 4) is 11.1 Å². The molecular formula is C15H19N3O. The lowest BCUT2D eigenvalue weighted by molar-refractivity contribution is 0.225. The van der Waals surface area contributed by atoms with Gasteiger partial charge in [0, 0.05) is 50.6 Å². The number of aliphatic hydroxyl groups is 1. The number of aliphatic hydroxyl groups excluding tert-OH is 1. The topological polar surface area (TPSA) is 41.3 Å². The highest BCUT2D eigenvalue weighted by Gasteiger charge is 2.22. The Morgan fingerprint density at radius 1 is 1.32 bits per heavy atom. The molecule has 1 aromatic carbocycles. The molecule has 1 aliphatic heterocycles. The van der Waals surface area contributed by atoms with Crippen molar-refractivity contribution in [1.29, 1.82) is 0 Å². The van der Waals surface area contributed by atoms with Crippen LogP contribution in [0.3, 0.4) is 0 Å². The predicted octanol–water partition coefficient (Wildman–Crippen LogP) is 1.69. The molecular weight excluding hydrogens is 238 g/mol. The fourth-order valence-corrected chi connectivity index (χ4v) is 2.85. The van der Waals surface area contributed by atoms with Gasteiger partial charge in [0.15, 0.2) is 0 Å². The van der Waals surface area contributed by atoms with Gasteiger partial charge in [0.25, 0.3) is 0 Å². The van der Waals surface area contributed by atoms with E-state index in [4.69, 9.17) is 0 Å². The van der Waals surface area contributed by atoms with Crippen LogP contribution in [-0.4, -0.2) is 35.1 Å². The Bertz CT molecular complexity index is 591. The molecule has 1 N–H and O–H groups in total. The Balaban J connectivity index is 1.99. The zero-order chi connectivity index (χ0) is 13.4. The molecule has 0 aliphatic carbocycles. The van der Waals surface area contributed by atoms with E-state index in [-0.39, 0.29) is 6.61 Å². The smallest absolute Gasteiger partial charge is 0.0568 e. The average molecular weight is 257 g/mol. The van der Waals surface area contributed by atoms with Gasteiger partial charge in [-0.25, -0.2) is 0 Å². The number of hydrogen-bond donors (Lipinski definition) is 1. The molecule has 1 unspecified atom stereocenters. The van der Waals surface area contributed by atoms with E-state index < -0.39 is 0 Å². The van der Waals surface area contributed by atoms with Gasteiger partial charge in [-0.3, -0.25) is 4.68 Å². The second kappa shape index (κ2) is 4.70. The molecule has 100 valence electrons. The maximum Gasteiger partial charge on any atom is 0.0568 e. The molecule has 0 saturated carbocycles. The zero-order valence-electron chi connectivity index (χ0n) is 11.4. The second-order valence-electron chi connectivity index (χ2n) is 5.38. The van der Waals surface area contributed by atoms with Gasteiger partial charge in [0.1, 0.15) is 0 Å². The Morgan fingerprint density at radius 3 is 2.84 bits per heavy atom. The second-order valence-corrected chi connectivity index (χ2v) is 5.38. The minimum atomic E-state index is 0.251. The Hall–Kier alpha value is -1.81. The number of hydrogen-bond acceptors (Lipinski definition) is 3. The summed E-state index contributed by atoms with van der Waals surface area (Å²) in [6.07, 6.45) is 4.86. The minimum Gasteiger partial charge on any atom is -0.396 e. The van der Waals surface area contributed by atoms with Gasteiger partial charge in [0.05, 0.1) is 6.20 Å². The molecule has 0 amide bonds. The van der Waals surface area contributed by atoms with Crippen LogP contribution in [0, 0.1) is 5.92 Å². The first-order valence-electron chi connectivity index (χ1n) is 6.61. The highest BCUT2D eigenvalue weighted by Crippen LogP contribution is 2.32. The Labute approximate surface area is 113 Å². The van der Waals surface area contributed by atoms with E-state index in [1.165, 1.54) is 16.8 Å². The van der Waals surface area contributed by atoms with Gasteiger partial charge < -0.3 is 10.0 Å². The molecule has 0 fully saturated rings. The molecule has 1 atom stereocenters. The minimum absolute atomic E-state index is 0.251. The van der Waals surface area contributed by atoms with Crippen molar-refractivity contribution < 1.29 is 5.11 Å². The van der Waals surface area contributed by atoms with Crippen molar-refractivity contribution in [2.24, 2.45) is 13.0 Å². The van der Waals surface area contributed by atoms with Crippen LogP contribution in [0.2, 0.25) is 0 Å². The lowest BCUT2D eigenvalue weighted by Gasteiger charge is -2.32. The number of rotatable bonds is 2. The van der Waals surface area contributed by atoms with Crippen LogP contribution in [0.15, 0.2) is 30.6 Å². The maximum atomic E-state index is 9.38. The molecule has 0 spiro atoms. The van der Waals surface area contributed by atoms with E-state index in [1.807, 2.05) is 24.1 Å². The predicted molar refractivity (Wildman–Crippen MR) is 76.2 cm³/mol. The fourth-order valence-electron chi connectivity index (χ4n) is 2.85. The van der Waals surface area contributed by atoms with Gasteiger partial charge in [-0.2, -0.15) is 5.10 Å². The lowest BCUT2D eigenvalue weighted by Crippen LogP contribution is -2.33. The van der Waals surface area contributed by atoms with E-state index in [1.54, 1.807) is 0 Å².